The van der Waals surface area contributed by atoms with E-state index >= 15 is 0 Å². The molecule has 2 aromatic rings. The Bertz CT molecular complexity index is 549. The summed E-state index contributed by atoms with van der Waals surface area (Å²) in [5.74, 6) is 1.36. The van der Waals surface area contributed by atoms with Crippen LogP contribution in [0.5, 0.6) is 0 Å². The Morgan fingerprint density at radius 2 is 2.00 bits per heavy atom. The van der Waals surface area contributed by atoms with Crippen molar-refractivity contribution >= 4 is 11.8 Å². The first-order chi connectivity index (χ1) is 9.85. The minimum absolute atomic E-state index is 0.669. The Balaban J connectivity index is 1.68. The number of piperazine rings is 1. The van der Waals surface area contributed by atoms with E-state index in [2.05, 4.69) is 38.7 Å². The van der Waals surface area contributed by atoms with Gasteiger partial charge in [-0.25, -0.2) is 0 Å². The molecule has 1 saturated heterocycles. The molecule has 0 saturated carbocycles. The molecule has 0 radical (unpaired) electrons. The van der Waals surface area contributed by atoms with Gasteiger partial charge in [0.25, 0.3) is 0 Å². The van der Waals surface area contributed by atoms with Gasteiger partial charge >= 0.3 is 0 Å². The van der Waals surface area contributed by atoms with Crippen LogP contribution in [0.4, 0.5) is 0 Å². The fourth-order valence-electron chi connectivity index (χ4n) is 2.24. The van der Waals surface area contributed by atoms with E-state index < -0.39 is 0 Å². The molecule has 6 heteroatoms. The lowest BCUT2D eigenvalue weighted by Gasteiger charge is -2.25. The topological polar surface area (TPSA) is 54.2 Å². The SMILES string of the molecule is CSc1ccc(-c2noc(CN3CCNCC3)n2)cc1. The summed E-state index contributed by atoms with van der Waals surface area (Å²) in [6.45, 7) is 4.84. The fourth-order valence-corrected chi connectivity index (χ4v) is 2.65. The maximum atomic E-state index is 5.35. The van der Waals surface area contributed by atoms with E-state index in [1.165, 1.54) is 4.90 Å². The molecule has 1 aromatic heterocycles. The zero-order chi connectivity index (χ0) is 13.8. The average Bonchev–Trinajstić information content (AvgIpc) is 2.97. The lowest BCUT2D eigenvalue weighted by atomic mass is 10.2. The summed E-state index contributed by atoms with van der Waals surface area (Å²) in [4.78, 5) is 8.04. The monoisotopic (exact) mass is 290 g/mol. The van der Waals surface area contributed by atoms with Crippen molar-refractivity contribution < 1.29 is 4.52 Å². The van der Waals surface area contributed by atoms with Crippen LogP contribution in [0.1, 0.15) is 5.89 Å². The number of benzene rings is 1. The first-order valence-corrected chi connectivity index (χ1v) is 7.98. The number of rotatable bonds is 4. The van der Waals surface area contributed by atoms with Gasteiger partial charge in [-0.1, -0.05) is 5.16 Å². The van der Waals surface area contributed by atoms with Gasteiger partial charge in [-0.05, 0) is 30.5 Å². The molecule has 5 nitrogen and oxygen atoms in total. The van der Waals surface area contributed by atoms with Gasteiger partial charge in [-0.2, -0.15) is 4.98 Å². The van der Waals surface area contributed by atoms with Crippen molar-refractivity contribution in [1.29, 1.82) is 0 Å². The maximum Gasteiger partial charge on any atom is 0.241 e. The van der Waals surface area contributed by atoms with Crippen molar-refractivity contribution in [3.05, 3.63) is 30.2 Å². The molecule has 0 unspecified atom stereocenters. The highest BCUT2D eigenvalue weighted by Gasteiger charge is 2.14. The summed E-state index contributed by atoms with van der Waals surface area (Å²) in [6.07, 6.45) is 2.06. The number of thioether (sulfide) groups is 1. The summed E-state index contributed by atoms with van der Waals surface area (Å²) in [5, 5.41) is 7.40. The van der Waals surface area contributed by atoms with Crippen LogP contribution in [0.3, 0.4) is 0 Å². The van der Waals surface area contributed by atoms with Gasteiger partial charge < -0.3 is 9.84 Å². The Morgan fingerprint density at radius 3 is 2.70 bits per heavy atom. The molecule has 1 aliphatic rings. The summed E-state index contributed by atoms with van der Waals surface area (Å²) < 4.78 is 5.35. The second kappa shape index (κ2) is 6.39. The Morgan fingerprint density at radius 1 is 1.25 bits per heavy atom. The largest absolute Gasteiger partial charge is 0.338 e. The quantitative estimate of drug-likeness (QED) is 0.868. The number of nitrogens with zero attached hydrogens (tertiary/aromatic N) is 3. The van der Waals surface area contributed by atoms with Gasteiger partial charge in [0.15, 0.2) is 0 Å². The number of hydrogen-bond acceptors (Lipinski definition) is 6. The minimum Gasteiger partial charge on any atom is -0.338 e. The van der Waals surface area contributed by atoms with Gasteiger partial charge in [0.05, 0.1) is 6.54 Å². The van der Waals surface area contributed by atoms with Crippen LogP contribution in [0.15, 0.2) is 33.7 Å². The summed E-state index contributed by atoms with van der Waals surface area (Å²) in [6, 6.07) is 8.22. The second-order valence-electron chi connectivity index (χ2n) is 4.77. The van der Waals surface area contributed by atoms with Crippen molar-refractivity contribution in [1.82, 2.24) is 20.4 Å². The van der Waals surface area contributed by atoms with Crippen LogP contribution in [0.25, 0.3) is 11.4 Å². The molecular formula is C14H18N4OS. The lowest BCUT2D eigenvalue weighted by molar-refractivity contribution is 0.203. The van der Waals surface area contributed by atoms with E-state index in [9.17, 15) is 0 Å². The molecular weight excluding hydrogens is 272 g/mol. The van der Waals surface area contributed by atoms with Crippen molar-refractivity contribution in [2.45, 2.75) is 11.4 Å². The van der Waals surface area contributed by atoms with E-state index in [0.717, 1.165) is 38.3 Å². The zero-order valence-corrected chi connectivity index (χ0v) is 12.3. The van der Waals surface area contributed by atoms with Gasteiger partial charge in [-0.3, -0.25) is 4.90 Å². The number of nitrogens with one attached hydrogen (secondary N) is 1. The molecule has 0 spiro atoms. The molecule has 2 heterocycles. The van der Waals surface area contributed by atoms with Crippen LogP contribution < -0.4 is 5.32 Å². The lowest BCUT2D eigenvalue weighted by Crippen LogP contribution is -2.42. The summed E-state index contributed by atoms with van der Waals surface area (Å²) in [5.41, 5.74) is 0.998. The molecule has 0 atom stereocenters. The van der Waals surface area contributed by atoms with Crippen LogP contribution in [-0.2, 0) is 6.54 Å². The third-order valence-electron chi connectivity index (χ3n) is 3.38. The molecule has 106 valence electrons. The first-order valence-electron chi connectivity index (χ1n) is 6.75. The summed E-state index contributed by atoms with van der Waals surface area (Å²) in [7, 11) is 0. The Labute approximate surface area is 122 Å². The molecule has 20 heavy (non-hydrogen) atoms. The third-order valence-corrected chi connectivity index (χ3v) is 4.13. The fraction of sp³-hybridized carbons (Fsp3) is 0.429. The normalized spacial score (nSPS) is 16.4. The van der Waals surface area contributed by atoms with E-state index in [1.54, 1.807) is 11.8 Å². The Hall–Kier alpha value is -1.37. The predicted octanol–water partition coefficient (Wildman–Crippen LogP) is 1.86. The van der Waals surface area contributed by atoms with Crippen LogP contribution in [-0.4, -0.2) is 47.5 Å². The van der Waals surface area contributed by atoms with Gasteiger partial charge in [0, 0.05) is 36.6 Å². The summed E-state index contributed by atoms with van der Waals surface area (Å²) >= 11 is 1.72. The highest BCUT2D eigenvalue weighted by atomic mass is 32.2. The van der Waals surface area contributed by atoms with Crippen LogP contribution in [0.2, 0.25) is 0 Å². The van der Waals surface area contributed by atoms with Gasteiger partial charge in [0.1, 0.15) is 0 Å². The number of aromatic nitrogens is 2. The number of hydrogen-bond donors (Lipinski definition) is 1. The Kier molecular flexibility index (Phi) is 4.34. The van der Waals surface area contributed by atoms with Crippen molar-refractivity contribution in [2.75, 3.05) is 32.4 Å². The third kappa shape index (κ3) is 3.20. The predicted molar refractivity (Wildman–Crippen MR) is 79.7 cm³/mol. The van der Waals surface area contributed by atoms with E-state index in [-0.39, 0.29) is 0 Å². The zero-order valence-electron chi connectivity index (χ0n) is 11.5. The molecule has 0 aliphatic carbocycles. The molecule has 0 bridgehead atoms. The second-order valence-corrected chi connectivity index (χ2v) is 5.65. The average molecular weight is 290 g/mol. The maximum absolute atomic E-state index is 5.35. The molecule has 3 rings (SSSR count). The first kappa shape index (κ1) is 13.6. The van der Waals surface area contributed by atoms with Crippen LogP contribution >= 0.6 is 11.8 Å². The van der Waals surface area contributed by atoms with Crippen molar-refractivity contribution in [3.63, 3.8) is 0 Å². The highest BCUT2D eigenvalue weighted by Crippen LogP contribution is 2.21. The standard InChI is InChI=1S/C14H18N4OS/c1-20-12-4-2-11(3-5-12)14-16-13(19-17-14)10-18-8-6-15-7-9-18/h2-5,15H,6-10H2,1H3. The highest BCUT2D eigenvalue weighted by molar-refractivity contribution is 7.98. The minimum atomic E-state index is 0.669. The van der Waals surface area contributed by atoms with Crippen molar-refractivity contribution in [3.8, 4) is 11.4 Å². The molecule has 1 aliphatic heterocycles. The molecule has 1 aromatic carbocycles. The van der Waals surface area contributed by atoms with Gasteiger partial charge in [-0.15, -0.1) is 11.8 Å². The van der Waals surface area contributed by atoms with E-state index in [1.807, 2.05) is 12.1 Å². The van der Waals surface area contributed by atoms with Crippen molar-refractivity contribution in [2.24, 2.45) is 0 Å². The smallest absolute Gasteiger partial charge is 0.241 e. The van der Waals surface area contributed by atoms with Crippen LogP contribution in [0, 0.1) is 0 Å². The van der Waals surface area contributed by atoms with E-state index in [0.29, 0.717) is 11.7 Å². The molecule has 0 amide bonds. The molecule has 1 fully saturated rings. The molecule has 1 N–H and O–H groups in total. The van der Waals surface area contributed by atoms with E-state index in [4.69, 9.17) is 4.52 Å². The van der Waals surface area contributed by atoms with Gasteiger partial charge in [0.2, 0.25) is 11.7 Å².